The Bertz CT molecular complexity index is 710. The molecular weight excluding hydrogens is 330 g/mol. The summed E-state index contributed by atoms with van der Waals surface area (Å²) in [5.74, 6) is 2.13. The van der Waals surface area contributed by atoms with Gasteiger partial charge in [0, 0.05) is 12.1 Å². The molecule has 0 saturated carbocycles. The van der Waals surface area contributed by atoms with E-state index in [2.05, 4.69) is 5.32 Å². The second kappa shape index (κ2) is 9.70. The number of rotatable bonds is 9. The summed E-state index contributed by atoms with van der Waals surface area (Å²) in [7, 11) is 3.24. The Labute approximate surface area is 155 Å². The van der Waals surface area contributed by atoms with E-state index < -0.39 is 0 Å². The zero-order valence-electron chi connectivity index (χ0n) is 15.9. The predicted octanol–water partition coefficient (Wildman–Crippen LogP) is 3.85. The van der Waals surface area contributed by atoms with E-state index >= 15 is 0 Å². The first-order chi connectivity index (χ1) is 12.5. The third kappa shape index (κ3) is 5.69. The molecular formula is C21H27NO4. The molecule has 2 rings (SSSR count). The van der Waals surface area contributed by atoms with E-state index in [9.17, 15) is 4.79 Å². The monoisotopic (exact) mass is 357 g/mol. The first kappa shape index (κ1) is 19.6. The summed E-state index contributed by atoms with van der Waals surface area (Å²) < 4.78 is 16.1. The van der Waals surface area contributed by atoms with Crippen LogP contribution in [0.4, 0.5) is 0 Å². The summed E-state index contributed by atoms with van der Waals surface area (Å²) in [5, 5.41) is 2.94. The van der Waals surface area contributed by atoms with Crippen molar-refractivity contribution < 1.29 is 19.0 Å². The largest absolute Gasteiger partial charge is 0.493 e. The molecule has 0 aliphatic carbocycles. The highest BCUT2D eigenvalue weighted by molar-refractivity contribution is 5.94. The molecule has 26 heavy (non-hydrogen) atoms. The Morgan fingerprint density at radius 1 is 1.00 bits per heavy atom. The van der Waals surface area contributed by atoms with Gasteiger partial charge in [0.2, 0.25) is 0 Å². The van der Waals surface area contributed by atoms with E-state index in [4.69, 9.17) is 14.2 Å². The molecule has 2 aromatic rings. The quantitative estimate of drug-likeness (QED) is 0.693. The standard InChI is InChI=1S/C21H27NO4/c1-15(2)26-18-10-8-17(9-11-18)21(23)22-13-5-6-16-7-12-19(24-3)20(14-16)25-4/h7-12,14-15H,5-6,13H2,1-4H3,(H,22,23). The molecule has 140 valence electrons. The predicted molar refractivity (Wildman–Crippen MR) is 102 cm³/mol. The topological polar surface area (TPSA) is 56.8 Å². The van der Waals surface area contributed by atoms with Gasteiger partial charge < -0.3 is 19.5 Å². The lowest BCUT2D eigenvalue weighted by atomic mass is 10.1. The lowest BCUT2D eigenvalue weighted by Crippen LogP contribution is -2.24. The molecule has 5 nitrogen and oxygen atoms in total. The van der Waals surface area contributed by atoms with E-state index in [0.717, 1.165) is 35.7 Å². The van der Waals surface area contributed by atoms with Crippen molar-refractivity contribution in [3.05, 3.63) is 53.6 Å². The molecule has 0 aliphatic heterocycles. The first-order valence-corrected chi connectivity index (χ1v) is 8.79. The van der Waals surface area contributed by atoms with Gasteiger partial charge in [0.05, 0.1) is 20.3 Å². The maximum absolute atomic E-state index is 12.2. The first-order valence-electron chi connectivity index (χ1n) is 8.79. The fourth-order valence-electron chi connectivity index (χ4n) is 2.59. The van der Waals surface area contributed by atoms with Gasteiger partial charge in [-0.2, -0.15) is 0 Å². The van der Waals surface area contributed by atoms with Crippen LogP contribution in [0.15, 0.2) is 42.5 Å². The van der Waals surface area contributed by atoms with Gasteiger partial charge in [0.1, 0.15) is 5.75 Å². The molecule has 0 radical (unpaired) electrons. The molecule has 0 aliphatic rings. The fourth-order valence-corrected chi connectivity index (χ4v) is 2.59. The Kier molecular flexibility index (Phi) is 7.33. The summed E-state index contributed by atoms with van der Waals surface area (Å²) in [6.45, 7) is 4.55. The van der Waals surface area contributed by atoms with Crippen LogP contribution in [0.25, 0.3) is 0 Å². The van der Waals surface area contributed by atoms with Gasteiger partial charge >= 0.3 is 0 Å². The zero-order chi connectivity index (χ0) is 18.9. The van der Waals surface area contributed by atoms with Gasteiger partial charge in [-0.3, -0.25) is 4.79 Å². The van der Waals surface area contributed by atoms with Gasteiger partial charge in [-0.25, -0.2) is 0 Å². The van der Waals surface area contributed by atoms with Gasteiger partial charge in [-0.1, -0.05) is 6.07 Å². The number of carbonyl (C=O) groups excluding carboxylic acids is 1. The second-order valence-corrected chi connectivity index (χ2v) is 6.24. The van der Waals surface area contributed by atoms with Crippen LogP contribution in [0.2, 0.25) is 0 Å². The highest BCUT2D eigenvalue weighted by atomic mass is 16.5. The number of hydrogen-bond donors (Lipinski definition) is 1. The number of ether oxygens (including phenoxy) is 3. The van der Waals surface area contributed by atoms with E-state index in [1.54, 1.807) is 26.4 Å². The van der Waals surface area contributed by atoms with Crippen molar-refractivity contribution in [3.8, 4) is 17.2 Å². The van der Waals surface area contributed by atoms with Crippen LogP contribution in [0.1, 0.15) is 36.2 Å². The summed E-state index contributed by atoms with van der Waals surface area (Å²) in [5.41, 5.74) is 1.78. The Balaban J connectivity index is 1.79. The van der Waals surface area contributed by atoms with Gasteiger partial charge in [-0.15, -0.1) is 0 Å². The third-order valence-corrected chi connectivity index (χ3v) is 3.86. The number of hydrogen-bond acceptors (Lipinski definition) is 4. The number of aryl methyl sites for hydroxylation is 1. The number of benzene rings is 2. The molecule has 0 spiro atoms. The molecule has 2 aromatic carbocycles. The third-order valence-electron chi connectivity index (χ3n) is 3.86. The maximum atomic E-state index is 12.2. The highest BCUT2D eigenvalue weighted by Gasteiger charge is 2.07. The Morgan fingerprint density at radius 3 is 2.31 bits per heavy atom. The Morgan fingerprint density at radius 2 is 1.69 bits per heavy atom. The van der Waals surface area contributed by atoms with Crippen LogP contribution in [-0.2, 0) is 6.42 Å². The van der Waals surface area contributed by atoms with Crippen LogP contribution in [-0.4, -0.2) is 32.8 Å². The van der Waals surface area contributed by atoms with Crippen LogP contribution >= 0.6 is 0 Å². The lowest BCUT2D eigenvalue weighted by Gasteiger charge is -2.11. The van der Waals surface area contributed by atoms with Crippen molar-refractivity contribution in [2.24, 2.45) is 0 Å². The summed E-state index contributed by atoms with van der Waals surface area (Å²) in [6.07, 6.45) is 1.81. The minimum absolute atomic E-state index is 0.0755. The van der Waals surface area contributed by atoms with Crippen molar-refractivity contribution in [2.75, 3.05) is 20.8 Å². The van der Waals surface area contributed by atoms with E-state index in [1.807, 2.05) is 44.2 Å². The molecule has 0 heterocycles. The van der Waals surface area contributed by atoms with Crippen molar-refractivity contribution >= 4 is 5.91 Å². The van der Waals surface area contributed by atoms with E-state index in [0.29, 0.717) is 12.1 Å². The fraction of sp³-hybridized carbons (Fsp3) is 0.381. The zero-order valence-corrected chi connectivity index (χ0v) is 15.9. The minimum atomic E-state index is -0.0755. The lowest BCUT2D eigenvalue weighted by molar-refractivity contribution is 0.0953. The molecule has 0 unspecified atom stereocenters. The van der Waals surface area contributed by atoms with E-state index in [1.165, 1.54) is 0 Å². The molecule has 1 amide bonds. The molecule has 0 saturated heterocycles. The van der Waals surface area contributed by atoms with Crippen LogP contribution < -0.4 is 19.5 Å². The van der Waals surface area contributed by atoms with E-state index in [-0.39, 0.29) is 12.0 Å². The minimum Gasteiger partial charge on any atom is -0.493 e. The van der Waals surface area contributed by atoms with Crippen molar-refractivity contribution in [1.29, 1.82) is 0 Å². The number of methoxy groups -OCH3 is 2. The van der Waals surface area contributed by atoms with Crippen LogP contribution in [0, 0.1) is 0 Å². The van der Waals surface area contributed by atoms with Crippen molar-refractivity contribution in [1.82, 2.24) is 5.32 Å². The van der Waals surface area contributed by atoms with Crippen LogP contribution in [0.3, 0.4) is 0 Å². The molecule has 1 N–H and O–H groups in total. The smallest absolute Gasteiger partial charge is 0.251 e. The van der Waals surface area contributed by atoms with Crippen molar-refractivity contribution in [3.63, 3.8) is 0 Å². The SMILES string of the molecule is COc1ccc(CCCNC(=O)c2ccc(OC(C)C)cc2)cc1OC. The molecule has 0 bridgehead atoms. The highest BCUT2D eigenvalue weighted by Crippen LogP contribution is 2.27. The Hall–Kier alpha value is -2.69. The molecule has 0 atom stereocenters. The molecule has 0 fully saturated rings. The summed E-state index contributed by atoms with van der Waals surface area (Å²) in [4.78, 5) is 12.2. The number of amides is 1. The second-order valence-electron chi connectivity index (χ2n) is 6.24. The maximum Gasteiger partial charge on any atom is 0.251 e. The number of carbonyl (C=O) groups is 1. The van der Waals surface area contributed by atoms with Crippen molar-refractivity contribution in [2.45, 2.75) is 32.8 Å². The van der Waals surface area contributed by atoms with Crippen LogP contribution in [0.5, 0.6) is 17.2 Å². The van der Waals surface area contributed by atoms with Gasteiger partial charge in [0.25, 0.3) is 5.91 Å². The average molecular weight is 357 g/mol. The van der Waals surface area contributed by atoms with Gasteiger partial charge in [0.15, 0.2) is 11.5 Å². The summed E-state index contributed by atoms with van der Waals surface area (Å²) >= 11 is 0. The molecule has 5 heteroatoms. The average Bonchev–Trinajstić information content (AvgIpc) is 2.65. The van der Waals surface area contributed by atoms with Gasteiger partial charge in [-0.05, 0) is 68.7 Å². The normalized spacial score (nSPS) is 10.5. The summed E-state index contributed by atoms with van der Waals surface area (Å²) in [6, 6.07) is 13.1. The number of nitrogens with one attached hydrogen (secondary N) is 1. The molecule has 0 aromatic heterocycles.